The lowest BCUT2D eigenvalue weighted by Gasteiger charge is -2.43. The van der Waals surface area contributed by atoms with Gasteiger partial charge in [-0.3, -0.25) is 14.9 Å². The Morgan fingerprint density at radius 2 is 1.95 bits per heavy atom. The number of nitrogens with one attached hydrogen (secondary N) is 4. The number of hydrogen-bond donors (Lipinski definition) is 4. The van der Waals surface area contributed by atoms with Crippen molar-refractivity contribution in [2.75, 3.05) is 33.0 Å². The van der Waals surface area contributed by atoms with Crippen LogP contribution in [0.4, 0.5) is 5.69 Å². The molecule has 2 heterocycles. The van der Waals surface area contributed by atoms with E-state index in [1.54, 1.807) is 30.3 Å². The van der Waals surface area contributed by atoms with Gasteiger partial charge in [0.15, 0.2) is 6.29 Å². The molecule has 1 fully saturated rings. The first-order chi connectivity index (χ1) is 20.6. The van der Waals surface area contributed by atoms with Crippen LogP contribution in [-0.4, -0.2) is 77.9 Å². The standard InChI is InChI=1S/C33H40ClN7O2/c1-33(39-32-38-30(27(34)21-41(32)4)26-20-35-28-11-6-5-10-25(26)28)17-7-9-24(19-33)37-31(43)22-13-15-23(16-14-22)36-29(42)12-8-18-40(2)3/h5-6,8,10-16,20-21,24,32,35,39H,7,9,17-19H2,1-4H3,(H,36,42)(H,37,43)/b12-8+/t24-,32?,33+/m0/s1. The summed E-state index contributed by atoms with van der Waals surface area (Å²) in [6, 6.07) is 15.1. The van der Waals surface area contributed by atoms with Gasteiger partial charge in [0, 0.05) is 71.4 Å². The molecule has 2 amide bonds. The molecular formula is C33H40ClN7O2. The molecule has 43 heavy (non-hydrogen) atoms. The van der Waals surface area contributed by atoms with Crippen LogP contribution >= 0.6 is 11.6 Å². The third kappa shape index (κ3) is 7.54. The van der Waals surface area contributed by atoms with Crippen LogP contribution in [0.25, 0.3) is 10.9 Å². The van der Waals surface area contributed by atoms with Crippen molar-refractivity contribution in [3.63, 3.8) is 0 Å². The molecule has 10 heteroatoms. The highest BCUT2D eigenvalue weighted by Gasteiger charge is 2.36. The van der Waals surface area contributed by atoms with E-state index in [2.05, 4.69) is 33.9 Å². The maximum absolute atomic E-state index is 13.1. The number of hydrogen-bond acceptors (Lipinski definition) is 6. The van der Waals surface area contributed by atoms with Gasteiger partial charge in [-0.2, -0.15) is 0 Å². The number of para-hydroxylation sites is 1. The van der Waals surface area contributed by atoms with Crippen molar-refractivity contribution < 1.29 is 9.59 Å². The number of nitrogens with zero attached hydrogens (tertiary/aromatic N) is 3. The molecule has 5 rings (SSSR count). The van der Waals surface area contributed by atoms with Gasteiger partial charge >= 0.3 is 0 Å². The lowest BCUT2D eigenvalue weighted by Crippen LogP contribution is -2.57. The first kappa shape index (κ1) is 30.5. The largest absolute Gasteiger partial charge is 0.360 e. The number of fused-ring (bicyclic) bond motifs is 1. The highest BCUT2D eigenvalue weighted by Crippen LogP contribution is 2.31. The summed E-state index contributed by atoms with van der Waals surface area (Å²) >= 11 is 6.69. The molecule has 0 saturated heterocycles. The van der Waals surface area contributed by atoms with E-state index in [1.807, 2.05) is 61.5 Å². The summed E-state index contributed by atoms with van der Waals surface area (Å²) in [7, 11) is 5.85. The molecule has 3 aromatic rings. The minimum absolute atomic E-state index is 0.0186. The molecule has 0 radical (unpaired) electrons. The van der Waals surface area contributed by atoms with E-state index < -0.39 is 0 Å². The van der Waals surface area contributed by atoms with Crippen LogP contribution in [0.5, 0.6) is 0 Å². The zero-order chi connectivity index (χ0) is 30.6. The van der Waals surface area contributed by atoms with Crippen LogP contribution < -0.4 is 16.0 Å². The zero-order valence-corrected chi connectivity index (χ0v) is 25.9. The first-order valence-electron chi connectivity index (χ1n) is 14.6. The molecule has 9 nitrogen and oxygen atoms in total. The number of carbonyl (C=O) groups excluding carboxylic acids is 2. The van der Waals surface area contributed by atoms with Crippen molar-refractivity contribution in [2.45, 2.75) is 50.5 Å². The highest BCUT2D eigenvalue weighted by atomic mass is 35.5. The van der Waals surface area contributed by atoms with E-state index >= 15 is 0 Å². The molecular weight excluding hydrogens is 562 g/mol. The van der Waals surface area contributed by atoms with E-state index in [9.17, 15) is 9.59 Å². The van der Waals surface area contributed by atoms with Gasteiger partial charge in [-0.15, -0.1) is 0 Å². The smallest absolute Gasteiger partial charge is 0.251 e. The number of rotatable bonds is 9. The Kier molecular flexibility index (Phi) is 9.34. The molecule has 1 aliphatic carbocycles. The fourth-order valence-corrected chi connectivity index (χ4v) is 6.07. The van der Waals surface area contributed by atoms with Crippen molar-refractivity contribution in [3.05, 3.63) is 89.2 Å². The summed E-state index contributed by atoms with van der Waals surface area (Å²) in [5.74, 6) is -0.325. The molecule has 3 atom stereocenters. The second kappa shape index (κ2) is 13.2. The average Bonchev–Trinajstić information content (AvgIpc) is 3.38. The molecule has 4 N–H and O–H groups in total. The van der Waals surface area contributed by atoms with Crippen molar-refractivity contribution in [2.24, 2.45) is 4.99 Å². The molecule has 226 valence electrons. The number of likely N-dealkylation sites (N-methyl/N-ethyl adjacent to an activating group) is 1. The number of aromatic amines is 1. The van der Waals surface area contributed by atoms with Crippen molar-refractivity contribution in [3.8, 4) is 0 Å². The second-order valence-corrected chi connectivity index (χ2v) is 12.4. The number of aliphatic imine (C=N–C) groups is 1. The van der Waals surface area contributed by atoms with Crippen molar-refractivity contribution in [1.82, 2.24) is 25.4 Å². The van der Waals surface area contributed by atoms with Crippen LogP contribution in [0.1, 0.15) is 48.5 Å². The summed E-state index contributed by atoms with van der Waals surface area (Å²) in [5.41, 5.74) is 3.73. The van der Waals surface area contributed by atoms with E-state index in [0.29, 0.717) is 22.8 Å². The number of benzene rings is 2. The molecule has 0 spiro atoms. The van der Waals surface area contributed by atoms with Gasteiger partial charge in [0.2, 0.25) is 5.91 Å². The third-order valence-electron chi connectivity index (χ3n) is 7.97. The molecule has 1 saturated carbocycles. The van der Waals surface area contributed by atoms with Crippen LogP contribution in [0.3, 0.4) is 0 Å². The fraction of sp³-hybridized carbons (Fsp3) is 0.364. The van der Waals surface area contributed by atoms with Gasteiger partial charge in [0.05, 0.1) is 10.7 Å². The predicted octanol–water partition coefficient (Wildman–Crippen LogP) is 5.04. The Bertz CT molecular complexity index is 1560. The van der Waals surface area contributed by atoms with Crippen molar-refractivity contribution in [1.29, 1.82) is 0 Å². The monoisotopic (exact) mass is 601 g/mol. The SMILES string of the molecule is CN(C)C/C=C/C(=O)Nc1ccc(C(=O)N[C@H]2CCC[C@@](C)(NC3N=C(c4c[nH]c5ccccc45)C(Cl)=CN3C)C2)cc1. The molecule has 2 aromatic carbocycles. The molecule has 2 aliphatic rings. The second-order valence-electron chi connectivity index (χ2n) is 11.9. The zero-order valence-electron chi connectivity index (χ0n) is 25.2. The van der Waals surface area contributed by atoms with Crippen molar-refractivity contribution >= 4 is 45.7 Å². The summed E-state index contributed by atoms with van der Waals surface area (Å²) in [5, 5.41) is 11.5. The van der Waals surface area contributed by atoms with E-state index in [1.165, 1.54) is 6.08 Å². The quantitative estimate of drug-likeness (QED) is 0.257. The van der Waals surface area contributed by atoms with Crippen LogP contribution in [0.2, 0.25) is 0 Å². The number of aromatic nitrogens is 1. The van der Waals surface area contributed by atoms with Gasteiger partial charge < -0.3 is 25.4 Å². The van der Waals surface area contributed by atoms with Crippen LogP contribution in [0.15, 0.2) is 83.1 Å². The Labute approximate surface area is 258 Å². The Morgan fingerprint density at radius 3 is 2.72 bits per heavy atom. The minimum atomic E-state index is -0.300. The van der Waals surface area contributed by atoms with Gasteiger partial charge in [0.25, 0.3) is 5.91 Å². The van der Waals surface area contributed by atoms with Gasteiger partial charge in [-0.1, -0.05) is 35.9 Å². The number of anilines is 1. The van der Waals surface area contributed by atoms with Gasteiger partial charge in [-0.25, -0.2) is 4.99 Å². The third-order valence-corrected chi connectivity index (χ3v) is 8.25. The summed E-state index contributed by atoms with van der Waals surface area (Å²) in [4.78, 5) is 37.6. The number of halogens is 1. The lowest BCUT2D eigenvalue weighted by atomic mass is 9.80. The number of H-pyrrole nitrogens is 1. The molecule has 1 aliphatic heterocycles. The Morgan fingerprint density at radius 1 is 1.19 bits per heavy atom. The number of carbonyl (C=O) groups is 2. The lowest BCUT2D eigenvalue weighted by molar-refractivity contribution is -0.111. The summed E-state index contributed by atoms with van der Waals surface area (Å²) in [6.07, 6.45) is 10.5. The van der Waals surface area contributed by atoms with Gasteiger partial charge in [0.1, 0.15) is 0 Å². The fourth-order valence-electron chi connectivity index (χ4n) is 5.77. The average molecular weight is 602 g/mol. The maximum atomic E-state index is 13.1. The molecule has 0 bridgehead atoms. The van der Waals surface area contributed by atoms with E-state index in [-0.39, 0.29) is 29.7 Å². The Balaban J connectivity index is 1.21. The van der Waals surface area contributed by atoms with Crippen LogP contribution in [-0.2, 0) is 4.79 Å². The number of allylic oxidation sites excluding steroid dienone is 1. The highest BCUT2D eigenvalue weighted by molar-refractivity contribution is 6.47. The summed E-state index contributed by atoms with van der Waals surface area (Å²) in [6.45, 7) is 2.88. The Hall–Kier alpha value is -3.92. The predicted molar refractivity (Wildman–Crippen MR) is 174 cm³/mol. The van der Waals surface area contributed by atoms with E-state index in [4.69, 9.17) is 16.6 Å². The normalized spacial score (nSPS) is 22.5. The molecule has 1 unspecified atom stereocenters. The van der Waals surface area contributed by atoms with Crippen LogP contribution in [0, 0.1) is 0 Å². The van der Waals surface area contributed by atoms with Gasteiger partial charge in [-0.05, 0) is 77.0 Å². The number of amides is 2. The molecule has 1 aromatic heterocycles. The first-order valence-corrected chi connectivity index (χ1v) is 15.0. The van der Waals surface area contributed by atoms with E-state index in [0.717, 1.165) is 47.9 Å². The topological polar surface area (TPSA) is 105 Å². The summed E-state index contributed by atoms with van der Waals surface area (Å²) < 4.78 is 0. The minimum Gasteiger partial charge on any atom is -0.360 e. The maximum Gasteiger partial charge on any atom is 0.251 e.